The summed E-state index contributed by atoms with van der Waals surface area (Å²) in [7, 11) is 1.89. The smallest absolute Gasteiger partial charge is 0.180 e. The first kappa shape index (κ1) is 10.9. The minimum absolute atomic E-state index is 0.180. The Balaban J connectivity index is 2.51. The van der Waals surface area contributed by atoms with Gasteiger partial charge in [-0.3, -0.25) is 9.48 Å². The largest absolute Gasteiger partial charge is 0.320 e. The molecule has 0 aliphatic heterocycles. The Bertz CT molecular complexity index is 293. The molecule has 0 radical (unpaired) electrons. The zero-order valence-corrected chi connectivity index (χ0v) is 8.79. The molecule has 4 nitrogen and oxygen atoms in total. The maximum absolute atomic E-state index is 11.7. The van der Waals surface area contributed by atoms with Gasteiger partial charge in [-0.05, 0) is 33.0 Å². The first-order valence-corrected chi connectivity index (χ1v) is 4.99. The van der Waals surface area contributed by atoms with E-state index in [-0.39, 0.29) is 5.78 Å². The van der Waals surface area contributed by atoms with Gasteiger partial charge in [-0.15, -0.1) is 0 Å². The molecule has 1 aromatic rings. The van der Waals surface area contributed by atoms with Crippen LogP contribution in [-0.4, -0.2) is 29.2 Å². The van der Waals surface area contributed by atoms with Crippen molar-refractivity contribution in [3.63, 3.8) is 0 Å². The van der Waals surface area contributed by atoms with E-state index in [0.717, 1.165) is 25.2 Å². The number of rotatable bonds is 6. The number of nitrogens with zero attached hydrogens (tertiary/aromatic N) is 2. The van der Waals surface area contributed by atoms with Crippen molar-refractivity contribution < 1.29 is 4.79 Å². The summed E-state index contributed by atoms with van der Waals surface area (Å²) in [5, 5.41) is 7.09. The van der Waals surface area contributed by atoms with Gasteiger partial charge in [-0.2, -0.15) is 5.10 Å². The summed E-state index contributed by atoms with van der Waals surface area (Å²) in [6, 6.07) is 1.78. The number of aromatic nitrogens is 2. The summed E-state index contributed by atoms with van der Waals surface area (Å²) >= 11 is 0. The molecule has 0 atom stereocenters. The van der Waals surface area contributed by atoms with E-state index in [4.69, 9.17) is 0 Å². The normalized spacial score (nSPS) is 10.4. The van der Waals surface area contributed by atoms with Crippen molar-refractivity contribution in [3.8, 4) is 0 Å². The van der Waals surface area contributed by atoms with Gasteiger partial charge in [-0.1, -0.05) is 0 Å². The van der Waals surface area contributed by atoms with Crippen LogP contribution in [0, 0.1) is 0 Å². The Labute approximate surface area is 84.3 Å². The van der Waals surface area contributed by atoms with Crippen LogP contribution in [-0.2, 0) is 6.54 Å². The number of ketones is 1. The van der Waals surface area contributed by atoms with Crippen LogP contribution in [0.2, 0.25) is 0 Å². The molecule has 0 aliphatic carbocycles. The van der Waals surface area contributed by atoms with Gasteiger partial charge in [0.15, 0.2) is 5.78 Å². The number of Topliss-reactive ketones (excluding diaryl/α,β-unsaturated/α-hetero) is 1. The molecule has 0 aromatic carbocycles. The van der Waals surface area contributed by atoms with Crippen LogP contribution in [0.25, 0.3) is 0 Å². The van der Waals surface area contributed by atoms with Crippen LogP contribution in [0.1, 0.15) is 30.3 Å². The molecule has 0 bridgehead atoms. The van der Waals surface area contributed by atoms with Crippen LogP contribution in [0.15, 0.2) is 12.3 Å². The molecule has 0 spiro atoms. The summed E-state index contributed by atoms with van der Waals surface area (Å²) in [6.07, 6.45) is 3.14. The van der Waals surface area contributed by atoms with Gasteiger partial charge in [0.05, 0.1) is 0 Å². The highest BCUT2D eigenvalue weighted by Gasteiger charge is 2.09. The van der Waals surface area contributed by atoms with Gasteiger partial charge in [-0.25, -0.2) is 0 Å². The molecular weight excluding hydrogens is 178 g/mol. The van der Waals surface area contributed by atoms with Crippen LogP contribution in [0.4, 0.5) is 0 Å². The lowest BCUT2D eigenvalue weighted by atomic mass is 10.1. The highest BCUT2D eigenvalue weighted by Crippen LogP contribution is 2.04. The number of carbonyl (C=O) groups excluding carboxylic acids is 1. The molecule has 1 rings (SSSR count). The Morgan fingerprint density at radius 1 is 1.64 bits per heavy atom. The average Bonchev–Trinajstić information content (AvgIpc) is 2.65. The summed E-state index contributed by atoms with van der Waals surface area (Å²) < 4.78 is 1.74. The SMILES string of the molecule is CCn1nccc1C(=O)CCCNC. The Morgan fingerprint density at radius 3 is 3.07 bits per heavy atom. The fourth-order valence-corrected chi connectivity index (χ4v) is 1.38. The number of hydrogen-bond acceptors (Lipinski definition) is 3. The highest BCUT2D eigenvalue weighted by atomic mass is 16.1. The molecule has 1 N–H and O–H groups in total. The molecule has 1 aromatic heterocycles. The molecule has 0 unspecified atom stereocenters. The van der Waals surface area contributed by atoms with Crippen molar-refractivity contribution in [1.29, 1.82) is 0 Å². The monoisotopic (exact) mass is 195 g/mol. The maximum atomic E-state index is 11.7. The second kappa shape index (κ2) is 5.54. The topological polar surface area (TPSA) is 46.9 Å². The van der Waals surface area contributed by atoms with Gasteiger partial charge in [0.2, 0.25) is 0 Å². The van der Waals surface area contributed by atoms with E-state index in [0.29, 0.717) is 6.42 Å². The maximum Gasteiger partial charge on any atom is 0.180 e. The third kappa shape index (κ3) is 2.67. The third-order valence-corrected chi connectivity index (χ3v) is 2.13. The van der Waals surface area contributed by atoms with E-state index in [1.807, 2.05) is 14.0 Å². The van der Waals surface area contributed by atoms with Crippen molar-refractivity contribution in [2.75, 3.05) is 13.6 Å². The molecule has 0 saturated heterocycles. The number of hydrogen-bond donors (Lipinski definition) is 1. The summed E-state index contributed by atoms with van der Waals surface area (Å²) in [5.41, 5.74) is 0.726. The van der Waals surface area contributed by atoms with Crippen LogP contribution < -0.4 is 5.32 Å². The predicted octanol–water partition coefficient (Wildman–Crippen LogP) is 1.09. The van der Waals surface area contributed by atoms with Crippen molar-refractivity contribution in [2.24, 2.45) is 0 Å². The quantitative estimate of drug-likeness (QED) is 0.546. The summed E-state index contributed by atoms with van der Waals surface area (Å²) in [5.74, 6) is 0.180. The predicted molar refractivity (Wildman–Crippen MR) is 55.4 cm³/mol. The van der Waals surface area contributed by atoms with E-state index in [1.165, 1.54) is 0 Å². The molecular formula is C10H17N3O. The lowest BCUT2D eigenvalue weighted by Crippen LogP contribution is -2.13. The second-order valence-electron chi connectivity index (χ2n) is 3.16. The third-order valence-electron chi connectivity index (χ3n) is 2.13. The van der Waals surface area contributed by atoms with Gasteiger partial charge < -0.3 is 5.32 Å². The Kier molecular flexibility index (Phi) is 4.32. The van der Waals surface area contributed by atoms with Crippen LogP contribution in [0.3, 0.4) is 0 Å². The molecule has 1 heterocycles. The number of carbonyl (C=O) groups is 1. The summed E-state index contributed by atoms with van der Waals surface area (Å²) in [4.78, 5) is 11.7. The molecule has 4 heteroatoms. The molecule has 0 amide bonds. The first-order chi connectivity index (χ1) is 6.79. The van der Waals surface area contributed by atoms with Crippen LogP contribution in [0.5, 0.6) is 0 Å². The van der Waals surface area contributed by atoms with Gasteiger partial charge in [0.25, 0.3) is 0 Å². The Morgan fingerprint density at radius 2 is 2.43 bits per heavy atom. The van der Waals surface area contributed by atoms with E-state index in [9.17, 15) is 4.79 Å². The Hall–Kier alpha value is -1.16. The van der Waals surface area contributed by atoms with E-state index in [2.05, 4.69) is 10.4 Å². The molecule has 78 valence electrons. The number of nitrogens with one attached hydrogen (secondary N) is 1. The fraction of sp³-hybridized carbons (Fsp3) is 0.600. The van der Waals surface area contributed by atoms with Crippen molar-refractivity contribution >= 4 is 5.78 Å². The minimum Gasteiger partial charge on any atom is -0.320 e. The molecule has 14 heavy (non-hydrogen) atoms. The molecule has 0 saturated carbocycles. The minimum atomic E-state index is 0.180. The van der Waals surface area contributed by atoms with E-state index < -0.39 is 0 Å². The van der Waals surface area contributed by atoms with Gasteiger partial charge >= 0.3 is 0 Å². The number of aryl methyl sites for hydroxylation is 1. The van der Waals surface area contributed by atoms with Crippen molar-refractivity contribution in [1.82, 2.24) is 15.1 Å². The van der Waals surface area contributed by atoms with Crippen LogP contribution >= 0.6 is 0 Å². The lowest BCUT2D eigenvalue weighted by Gasteiger charge is -2.03. The van der Waals surface area contributed by atoms with E-state index >= 15 is 0 Å². The van der Waals surface area contributed by atoms with Gasteiger partial charge in [0, 0.05) is 19.2 Å². The zero-order valence-electron chi connectivity index (χ0n) is 8.79. The standard InChI is InChI=1S/C10H17N3O/c1-3-13-9(6-8-12-13)10(14)5-4-7-11-2/h6,8,11H,3-5,7H2,1-2H3. The molecule has 0 aliphatic rings. The van der Waals surface area contributed by atoms with E-state index in [1.54, 1.807) is 16.9 Å². The second-order valence-corrected chi connectivity index (χ2v) is 3.16. The summed E-state index contributed by atoms with van der Waals surface area (Å²) in [6.45, 7) is 3.61. The van der Waals surface area contributed by atoms with Crippen molar-refractivity contribution in [2.45, 2.75) is 26.3 Å². The fourth-order valence-electron chi connectivity index (χ4n) is 1.38. The average molecular weight is 195 g/mol. The molecule has 0 fully saturated rings. The van der Waals surface area contributed by atoms with Gasteiger partial charge in [0.1, 0.15) is 5.69 Å². The first-order valence-electron chi connectivity index (χ1n) is 4.99. The lowest BCUT2D eigenvalue weighted by molar-refractivity contribution is 0.0970. The zero-order chi connectivity index (χ0) is 10.4. The highest BCUT2D eigenvalue weighted by molar-refractivity contribution is 5.94. The van der Waals surface area contributed by atoms with Crippen molar-refractivity contribution in [3.05, 3.63) is 18.0 Å².